The van der Waals surface area contributed by atoms with Gasteiger partial charge in [0.25, 0.3) is 5.91 Å². The average molecular weight is 432 g/mol. The van der Waals surface area contributed by atoms with Crippen molar-refractivity contribution in [1.82, 2.24) is 4.90 Å². The van der Waals surface area contributed by atoms with E-state index in [4.69, 9.17) is 0 Å². The first-order valence-corrected chi connectivity index (χ1v) is 11.8. The molecule has 1 amide bonds. The number of aryl methyl sites for hydroxylation is 2. The second kappa shape index (κ2) is 7.91. The molecule has 0 saturated carbocycles. The molecule has 0 N–H and O–H groups in total. The Morgan fingerprint density at radius 3 is 2.30 bits per heavy atom. The molecule has 4 rings (SSSR count). The normalized spacial score (nSPS) is 18.7. The van der Waals surface area contributed by atoms with Gasteiger partial charge in [-0.25, -0.2) is 12.8 Å². The van der Waals surface area contributed by atoms with E-state index >= 15 is 0 Å². The molecule has 0 unspecified atom stereocenters. The van der Waals surface area contributed by atoms with Gasteiger partial charge in [0.05, 0.1) is 17.0 Å². The lowest BCUT2D eigenvalue weighted by molar-refractivity contribution is 0.0742. The predicted molar refractivity (Wildman–Crippen MR) is 116 cm³/mol. The number of carbonyl (C=O) groups is 1. The van der Waals surface area contributed by atoms with Crippen molar-refractivity contribution >= 4 is 27.3 Å². The monoisotopic (exact) mass is 431 g/mol. The summed E-state index contributed by atoms with van der Waals surface area (Å²) < 4.78 is 40.0. The number of rotatable bonds is 3. The number of piperazine rings is 1. The van der Waals surface area contributed by atoms with Gasteiger partial charge in [0.2, 0.25) is 10.0 Å². The molecule has 2 aliphatic heterocycles. The van der Waals surface area contributed by atoms with E-state index in [1.807, 2.05) is 0 Å². The predicted octanol–water partition coefficient (Wildman–Crippen LogP) is 2.94. The van der Waals surface area contributed by atoms with Crippen LogP contribution in [0.5, 0.6) is 0 Å². The van der Waals surface area contributed by atoms with Crippen LogP contribution in [-0.4, -0.2) is 57.7 Å². The van der Waals surface area contributed by atoms with Crippen molar-refractivity contribution in [3.8, 4) is 0 Å². The number of benzene rings is 2. The molecule has 2 aromatic carbocycles. The van der Waals surface area contributed by atoms with E-state index in [2.05, 4.69) is 36.9 Å². The molecule has 0 atom stereocenters. The van der Waals surface area contributed by atoms with Crippen LogP contribution in [0, 0.1) is 19.7 Å². The third-order valence-electron chi connectivity index (χ3n) is 5.83. The Balaban J connectivity index is 1.45. The Bertz CT molecular complexity index is 1080. The Morgan fingerprint density at radius 1 is 0.967 bits per heavy atom. The van der Waals surface area contributed by atoms with Crippen molar-refractivity contribution in [1.29, 1.82) is 0 Å². The third kappa shape index (κ3) is 3.88. The van der Waals surface area contributed by atoms with Crippen LogP contribution in [0.3, 0.4) is 0 Å². The van der Waals surface area contributed by atoms with E-state index in [-0.39, 0.29) is 22.9 Å². The number of nitrogens with zero attached hydrogens (tertiary/aromatic N) is 3. The zero-order valence-electron chi connectivity index (χ0n) is 17.3. The van der Waals surface area contributed by atoms with Gasteiger partial charge >= 0.3 is 0 Å². The van der Waals surface area contributed by atoms with E-state index in [1.54, 1.807) is 4.90 Å². The second-order valence-corrected chi connectivity index (χ2v) is 9.99. The minimum atomic E-state index is -3.38. The summed E-state index contributed by atoms with van der Waals surface area (Å²) in [5.41, 5.74) is 3.84. The number of amides is 1. The van der Waals surface area contributed by atoms with E-state index < -0.39 is 15.8 Å². The zero-order chi connectivity index (χ0) is 21.5. The van der Waals surface area contributed by atoms with Gasteiger partial charge in [-0.15, -0.1) is 0 Å². The summed E-state index contributed by atoms with van der Waals surface area (Å²) in [5, 5.41) is 0. The van der Waals surface area contributed by atoms with Crippen molar-refractivity contribution in [2.45, 2.75) is 20.3 Å². The fourth-order valence-corrected chi connectivity index (χ4v) is 5.80. The molecular formula is C22H26FN3O3S. The molecule has 2 heterocycles. The standard InChI is InChI=1S/C22H26FN3O3S/c1-16-4-7-21(17(2)14-16)24-9-11-25(12-10-24)22(27)19-6-5-18(15-20(19)23)26-8-3-13-30(26,28)29/h4-7,14-15H,3,8-13H2,1-2H3. The highest BCUT2D eigenvalue weighted by molar-refractivity contribution is 7.93. The summed E-state index contributed by atoms with van der Waals surface area (Å²) in [6.07, 6.45) is 0.523. The summed E-state index contributed by atoms with van der Waals surface area (Å²) in [4.78, 5) is 16.8. The summed E-state index contributed by atoms with van der Waals surface area (Å²) >= 11 is 0. The number of carbonyl (C=O) groups excluding carboxylic acids is 1. The smallest absolute Gasteiger partial charge is 0.256 e. The molecule has 0 spiro atoms. The highest BCUT2D eigenvalue weighted by atomic mass is 32.2. The lowest BCUT2D eigenvalue weighted by Gasteiger charge is -2.37. The van der Waals surface area contributed by atoms with Crippen molar-refractivity contribution < 1.29 is 17.6 Å². The van der Waals surface area contributed by atoms with Crippen molar-refractivity contribution in [3.05, 3.63) is 58.9 Å². The number of halogens is 1. The second-order valence-electron chi connectivity index (χ2n) is 7.98. The van der Waals surface area contributed by atoms with E-state index in [1.165, 1.54) is 27.6 Å². The maximum absolute atomic E-state index is 14.7. The summed E-state index contributed by atoms with van der Waals surface area (Å²) in [6.45, 7) is 6.86. The zero-order valence-corrected chi connectivity index (χ0v) is 18.1. The van der Waals surface area contributed by atoms with Gasteiger partial charge in [0.1, 0.15) is 5.82 Å². The average Bonchev–Trinajstić information content (AvgIpc) is 3.06. The highest BCUT2D eigenvalue weighted by Gasteiger charge is 2.30. The Kier molecular flexibility index (Phi) is 5.44. The van der Waals surface area contributed by atoms with E-state index in [0.29, 0.717) is 39.1 Å². The van der Waals surface area contributed by atoms with Gasteiger partial charge in [0, 0.05) is 38.4 Å². The molecule has 2 fully saturated rings. The molecule has 30 heavy (non-hydrogen) atoms. The van der Waals surface area contributed by atoms with Crippen LogP contribution in [-0.2, 0) is 10.0 Å². The van der Waals surface area contributed by atoms with Crippen LogP contribution in [0.25, 0.3) is 0 Å². The fourth-order valence-electron chi connectivity index (χ4n) is 4.24. The quantitative estimate of drug-likeness (QED) is 0.750. The number of hydrogen-bond donors (Lipinski definition) is 0. The van der Waals surface area contributed by atoms with E-state index in [9.17, 15) is 17.6 Å². The lowest BCUT2D eigenvalue weighted by atomic mass is 10.1. The third-order valence-corrected chi connectivity index (χ3v) is 7.70. The Labute approximate surface area is 176 Å². The molecule has 2 aromatic rings. The van der Waals surface area contributed by atoms with Gasteiger partial charge in [-0.3, -0.25) is 9.10 Å². The molecule has 2 aliphatic rings. The summed E-state index contributed by atoms with van der Waals surface area (Å²) in [5.74, 6) is -0.972. The van der Waals surface area contributed by atoms with Gasteiger partial charge in [-0.2, -0.15) is 0 Å². The van der Waals surface area contributed by atoms with Crippen LogP contribution in [0.15, 0.2) is 36.4 Å². The number of hydrogen-bond acceptors (Lipinski definition) is 4. The number of sulfonamides is 1. The minimum absolute atomic E-state index is 0.0182. The molecule has 0 radical (unpaired) electrons. The molecule has 0 aromatic heterocycles. The Hall–Kier alpha value is -2.61. The van der Waals surface area contributed by atoms with Gasteiger partial charge in [0.15, 0.2) is 0 Å². The fraction of sp³-hybridized carbons (Fsp3) is 0.409. The largest absolute Gasteiger partial charge is 0.368 e. The molecule has 0 aliphatic carbocycles. The molecular weight excluding hydrogens is 405 g/mol. The topological polar surface area (TPSA) is 60.9 Å². The van der Waals surface area contributed by atoms with Crippen molar-refractivity contribution in [2.75, 3.05) is 47.7 Å². The minimum Gasteiger partial charge on any atom is -0.368 e. The van der Waals surface area contributed by atoms with Crippen molar-refractivity contribution in [3.63, 3.8) is 0 Å². The van der Waals surface area contributed by atoms with Gasteiger partial charge in [-0.1, -0.05) is 17.7 Å². The van der Waals surface area contributed by atoms with E-state index in [0.717, 1.165) is 11.8 Å². The molecule has 8 heteroatoms. The highest BCUT2D eigenvalue weighted by Crippen LogP contribution is 2.27. The van der Waals surface area contributed by atoms with Crippen LogP contribution in [0.1, 0.15) is 27.9 Å². The van der Waals surface area contributed by atoms with Crippen LogP contribution in [0.2, 0.25) is 0 Å². The van der Waals surface area contributed by atoms with Gasteiger partial charge < -0.3 is 9.80 Å². The summed E-state index contributed by atoms with van der Waals surface area (Å²) in [7, 11) is -3.38. The first kappa shape index (κ1) is 20.7. The van der Waals surface area contributed by atoms with Crippen LogP contribution < -0.4 is 9.21 Å². The molecule has 0 bridgehead atoms. The molecule has 6 nitrogen and oxygen atoms in total. The summed E-state index contributed by atoms with van der Waals surface area (Å²) in [6, 6.07) is 10.4. The molecule has 2 saturated heterocycles. The first-order chi connectivity index (χ1) is 14.3. The van der Waals surface area contributed by atoms with Crippen molar-refractivity contribution in [2.24, 2.45) is 0 Å². The molecule has 160 valence electrons. The Morgan fingerprint density at radius 2 is 1.70 bits per heavy atom. The lowest BCUT2D eigenvalue weighted by Crippen LogP contribution is -2.49. The van der Waals surface area contributed by atoms with Gasteiger partial charge in [-0.05, 0) is 50.1 Å². The van der Waals surface area contributed by atoms with Crippen LogP contribution >= 0.6 is 0 Å². The number of anilines is 2. The first-order valence-electron chi connectivity index (χ1n) is 10.2. The van der Waals surface area contributed by atoms with Crippen LogP contribution in [0.4, 0.5) is 15.8 Å². The SMILES string of the molecule is Cc1ccc(N2CCN(C(=O)c3ccc(N4CCCS4(=O)=O)cc3F)CC2)c(C)c1. The maximum atomic E-state index is 14.7. The maximum Gasteiger partial charge on any atom is 0.256 e.